The predicted octanol–water partition coefficient (Wildman–Crippen LogP) is 4.86. The van der Waals surface area contributed by atoms with Crippen molar-refractivity contribution in [1.82, 2.24) is 5.16 Å². The molecule has 3 nitrogen and oxygen atoms in total. The second-order valence-corrected chi connectivity index (χ2v) is 5.40. The van der Waals surface area contributed by atoms with Gasteiger partial charge in [0.15, 0.2) is 11.6 Å². The maximum Gasteiger partial charge on any atom is 0.178 e. The van der Waals surface area contributed by atoms with E-state index >= 15 is 0 Å². The summed E-state index contributed by atoms with van der Waals surface area (Å²) in [6.45, 7) is 3.99. The maximum absolute atomic E-state index is 6.41. The molecule has 21 heavy (non-hydrogen) atoms. The summed E-state index contributed by atoms with van der Waals surface area (Å²) in [6.07, 6.45) is 0. The summed E-state index contributed by atoms with van der Waals surface area (Å²) in [7, 11) is 0. The van der Waals surface area contributed by atoms with E-state index in [1.54, 1.807) is 0 Å². The van der Waals surface area contributed by atoms with Crippen LogP contribution in [0, 0.1) is 13.8 Å². The summed E-state index contributed by atoms with van der Waals surface area (Å²) in [5.74, 6) is 0.979. The van der Waals surface area contributed by atoms with Crippen LogP contribution in [0.4, 0.5) is 5.82 Å². The van der Waals surface area contributed by atoms with E-state index in [0.29, 0.717) is 16.6 Å². The van der Waals surface area contributed by atoms with Crippen LogP contribution >= 0.6 is 11.6 Å². The van der Waals surface area contributed by atoms with Crippen molar-refractivity contribution in [2.75, 3.05) is 5.73 Å². The number of aryl methyl sites for hydroxylation is 2. The van der Waals surface area contributed by atoms with Crippen LogP contribution in [0.3, 0.4) is 0 Å². The zero-order chi connectivity index (χ0) is 15.0. The first-order valence-electron chi connectivity index (χ1n) is 6.66. The molecule has 1 aromatic heterocycles. The molecule has 0 aliphatic carbocycles. The lowest BCUT2D eigenvalue weighted by Crippen LogP contribution is -1.91. The molecule has 0 radical (unpaired) electrons. The highest BCUT2D eigenvalue weighted by Gasteiger charge is 2.21. The van der Waals surface area contributed by atoms with Crippen LogP contribution in [0.5, 0.6) is 0 Å². The third-order valence-electron chi connectivity index (χ3n) is 3.57. The van der Waals surface area contributed by atoms with Crippen LogP contribution in [-0.2, 0) is 0 Å². The zero-order valence-corrected chi connectivity index (χ0v) is 12.6. The largest absolute Gasteiger partial charge is 0.380 e. The highest BCUT2D eigenvalue weighted by Crippen LogP contribution is 2.41. The minimum atomic E-state index is 0.372. The van der Waals surface area contributed by atoms with Gasteiger partial charge in [0.05, 0.1) is 10.6 Å². The van der Waals surface area contributed by atoms with Crippen LogP contribution < -0.4 is 5.73 Å². The van der Waals surface area contributed by atoms with Gasteiger partial charge in [-0.2, -0.15) is 0 Å². The van der Waals surface area contributed by atoms with Crippen molar-refractivity contribution in [2.45, 2.75) is 13.8 Å². The van der Waals surface area contributed by atoms with E-state index in [1.807, 2.05) is 56.3 Å². The number of anilines is 1. The average Bonchev–Trinajstić information content (AvgIpc) is 2.84. The Morgan fingerprint density at radius 2 is 1.62 bits per heavy atom. The fraction of sp³-hybridized carbons (Fsp3) is 0.118. The number of hydrogen-bond donors (Lipinski definition) is 1. The average molecular weight is 299 g/mol. The molecule has 0 aliphatic rings. The molecule has 2 N–H and O–H groups in total. The molecule has 0 amide bonds. The molecule has 3 rings (SSSR count). The smallest absolute Gasteiger partial charge is 0.178 e. The molecule has 0 saturated heterocycles. The Kier molecular flexibility index (Phi) is 3.43. The minimum Gasteiger partial charge on any atom is -0.380 e. The van der Waals surface area contributed by atoms with E-state index < -0.39 is 0 Å². The Bertz CT molecular complexity index is 808. The quantitative estimate of drug-likeness (QED) is 0.735. The van der Waals surface area contributed by atoms with Gasteiger partial charge in [-0.05, 0) is 36.6 Å². The molecular formula is C17H15ClN2O. The van der Waals surface area contributed by atoms with Crippen LogP contribution in [0.1, 0.15) is 11.1 Å². The Balaban J connectivity index is 2.28. The predicted molar refractivity (Wildman–Crippen MR) is 86.3 cm³/mol. The first-order chi connectivity index (χ1) is 10.1. The summed E-state index contributed by atoms with van der Waals surface area (Å²) >= 11 is 6.41. The molecule has 0 aliphatic heterocycles. The molecule has 0 bridgehead atoms. The molecule has 4 heteroatoms. The number of nitrogen functional groups attached to an aromatic ring is 1. The van der Waals surface area contributed by atoms with Crippen molar-refractivity contribution in [3.05, 3.63) is 58.6 Å². The van der Waals surface area contributed by atoms with Gasteiger partial charge in [0.25, 0.3) is 0 Å². The van der Waals surface area contributed by atoms with Gasteiger partial charge in [0, 0.05) is 5.56 Å². The molecule has 106 valence electrons. The number of hydrogen-bond acceptors (Lipinski definition) is 3. The number of nitrogens with zero attached hydrogens (tertiary/aromatic N) is 1. The van der Waals surface area contributed by atoms with Crippen molar-refractivity contribution >= 4 is 17.4 Å². The van der Waals surface area contributed by atoms with E-state index in [9.17, 15) is 0 Å². The first kappa shape index (κ1) is 13.7. The second kappa shape index (κ2) is 5.26. The Hall–Kier alpha value is -2.26. The molecule has 0 unspecified atom stereocenters. The van der Waals surface area contributed by atoms with Gasteiger partial charge in [0.2, 0.25) is 0 Å². The third-order valence-corrected chi connectivity index (χ3v) is 4.07. The van der Waals surface area contributed by atoms with Crippen molar-refractivity contribution in [3.8, 4) is 22.5 Å². The van der Waals surface area contributed by atoms with Crippen molar-refractivity contribution < 1.29 is 4.52 Å². The highest BCUT2D eigenvalue weighted by atomic mass is 35.5. The van der Waals surface area contributed by atoms with Crippen LogP contribution in [0.15, 0.2) is 47.0 Å². The molecule has 0 spiro atoms. The van der Waals surface area contributed by atoms with E-state index in [4.69, 9.17) is 21.9 Å². The molecule has 0 saturated carbocycles. The highest BCUT2D eigenvalue weighted by molar-refractivity contribution is 6.34. The van der Waals surface area contributed by atoms with Crippen molar-refractivity contribution in [2.24, 2.45) is 0 Å². The molecule has 3 aromatic rings. The minimum absolute atomic E-state index is 0.372. The lowest BCUT2D eigenvalue weighted by molar-refractivity contribution is 0.436. The van der Waals surface area contributed by atoms with Crippen LogP contribution in [0.25, 0.3) is 22.5 Å². The molecular weight excluding hydrogens is 284 g/mol. The molecule has 2 aromatic carbocycles. The lowest BCUT2D eigenvalue weighted by Gasteiger charge is -2.08. The van der Waals surface area contributed by atoms with Gasteiger partial charge in [-0.1, -0.05) is 53.2 Å². The van der Waals surface area contributed by atoms with E-state index in [2.05, 4.69) is 5.16 Å². The monoisotopic (exact) mass is 298 g/mol. The van der Waals surface area contributed by atoms with Gasteiger partial charge in [0.1, 0.15) is 0 Å². The number of halogens is 1. The normalized spacial score (nSPS) is 10.8. The Labute approximate surface area is 128 Å². The topological polar surface area (TPSA) is 52.0 Å². The Morgan fingerprint density at radius 1 is 0.952 bits per heavy atom. The summed E-state index contributed by atoms with van der Waals surface area (Å²) in [5, 5.41) is 4.58. The second-order valence-electron chi connectivity index (χ2n) is 5.02. The van der Waals surface area contributed by atoms with Gasteiger partial charge in [-0.25, -0.2) is 0 Å². The first-order valence-corrected chi connectivity index (χ1v) is 7.04. The maximum atomic E-state index is 6.41. The third kappa shape index (κ3) is 2.30. The lowest BCUT2D eigenvalue weighted by atomic mass is 9.97. The van der Waals surface area contributed by atoms with Crippen molar-refractivity contribution in [3.63, 3.8) is 0 Å². The van der Waals surface area contributed by atoms with E-state index in [0.717, 1.165) is 27.8 Å². The summed E-state index contributed by atoms with van der Waals surface area (Å²) in [6, 6.07) is 13.8. The number of rotatable bonds is 2. The van der Waals surface area contributed by atoms with Crippen molar-refractivity contribution in [1.29, 1.82) is 0 Å². The van der Waals surface area contributed by atoms with Gasteiger partial charge >= 0.3 is 0 Å². The summed E-state index contributed by atoms with van der Waals surface area (Å²) in [4.78, 5) is 0. The number of aromatic nitrogens is 1. The SMILES string of the molecule is Cc1ccccc1-c1c(N)noc1-c1cccc(C)c1Cl. The molecule has 1 heterocycles. The number of nitrogens with two attached hydrogens (primary N) is 1. The standard InChI is InChI=1S/C17H15ClN2O/c1-10-6-3-4-8-12(10)14-16(21-20-17(14)19)13-9-5-7-11(2)15(13)18/h3-9H,1-2H3,(H2,19,20). The fourth-order valence-electron chi connectivity index (χ4n) is 2.42. The van der Waals surface area contributed by atoms with Crippen LogP contribution in [0.2, 0.25) is 5.02 Å². The molecule has 0 atom stereocenters. The Morgan fingerprint density at radius 3 is 2.38 bits per heavy atom. The number of benzene rings is 2. The van der Waals surface area contributed by atoms with Crippen LogP contribution in [-0.4, -0.2) is 5.16 Å². The zero-order valence-electron chi connectivity index (χ0n) is 11.9. The molecule has 0 fully saturated rings. The van der Waals surface area contributed by atoms with Gasteiger partial charge in [-0.3, -0.25) is 0 Å². The van der Waals surface area contributed by atoms with E-state index in [1.165, 1.54) is 0 Å². The van der Waals surface area contributed by atoms with Gasteiger partial charge < -0.3 is 10.3 Å². The fourth-order valence-corrected chi connectivity index (χ4v) is 2.63. The summed E-state index contributed by atoms with van der Waals surface area (Å²) in [5.41, 5.74) is 10.7. The summed E-state index contributed by atoms with van der Waals surface area (Å²) < 4.78 is 5.47. The van der Waals surface area contributed by atoms with E-state index in [-0.39, 0.29) is 0 Å². The van der Waals surface area contributed by atoms with Gasteiger partial charge in [-0.15, -0.1) is 0 Å².